The summed E-state index contributed by atoms with van der Waals surface area (Å²) in [7, 11) is 1.66. The van der Waals surface area contributed by atoms with Crippen molar-refractivity contribution in [2.24, 2.45) is 24.8 Å². The Bertz CT molecular complexity index is 649. The van der Waals surface area contributed by atoms with Crippen LogP contribution < -0.4 is 15.8 Å². The monoisotopic (exact) mass is 346 g/mol. The molecule has 138 valence electrons. The fourth-order valence-corrected chi connectivity index (χ4v) is 3.76. The molecular weight excluding hydrogens is 316 g/mol. The lowest BCUT2D eigenvalue weighted by molar-refractivity contribution is -0.122. The number of nitrogens with zero attached hydrogens (tertiary/aromatic N) is 3. The molecule has 2 heterocycles. The normalized spacial score (nSPS) is 23.5. The summed E-state index contributed by atoms with van der Waals surface area (Å²) in [6.07, 6.45) is 8.58. The van der Waals surface area contributed by atoms with Crippen molar-refractivity contribution >= 4 is 11.6 Å². The zero-order valence-corrected chi connectivity index (χ0v) is 15.4. The van der Waals surface area contributed by atoms with Crippen molar-refractivity contribution in [2.45, 2.75) is 45.4 Å². The van der Waals surface area contributed by atoms with Crippen LogP contribution in [-0.2, 0) is 11.8 Å². The number of amides is 1. The highest BCUT2D eigenvalue weighted by Gasteiger charge is 2.41. The number of aromatic nitrogens is 2. The number of hydrogen-bond donors (Lipinski definition) is 1. The van der Waals surface area contributed by atoms with Gasteiger partial charge in [0.2, 0.25) is 5.91 Å². The fraction of sp³-hybridized carbons (Fsp3) is 0.737. The van der Waals surface area contributed by atoms with Crippen LogP contribution in [0.3, 0.4) is 0 Å². The molecule has 2 atom stereocenters. The van der Waals surface area contributed by atoms with Gasteiger partial charge >= 0.3 is 0 Å². The molecule has 1 amide bonds. The van der Waals surface area contributed by atoms with Gasteiger partial charge in [0, 0.05) is 38.7 Å². The Morgan fingerprint density at radius 1 is 1.36 bits per heavy atom. The van der Waals surface area contributed by atoms with Gasteiger partial charge in [0.25, 0.3) is 5.56 Å². The predicted octanol–water partition coefficient (Wildman–Crippen LogP) is 1.94. The quantitative estimate of drug-likeness (QED) is 0.819. The zero-order valence-electron chi connectivity index (χ0n) is 15.4. The molecule has 0 aromatic carbocycles. The first-order valence-corrected chi connectivity index (χ1v) is 9.64. The van der Waals surface area contributed by atoms with Crippen molar-refractivity contribution in [3.05, 3.63) is 22.6 Å². The van der Waals surface area contributed by atoms with Gasteiger partial charge < -0.3 is 10.2 Å². The van der Waals surface area contributed by atoms with Gasteiger partial charge in [0.1, 0.15) is 0 Å². The maximum absolute atomic E-state index is 12.2. The molecule has 0 bridgehead atoms. The van der Waals surface area contributed by atoms with Crippen LogP contribution in [0.25, 0.3) is 0 Å². The molecule has 1 aromatic rings. The summed E-state index contributed by atoms with van der Waals surface area (Å²) in [5, 5.41) is 7.26. The number of unbranched alkanes of at least 4 members (excludes halogenated alkanes) is 1. The molecule has 3 rings (SSSR count). The SMILES string of the molecule is CCCC[C@@H]1C[C@@H]1C(=O)NCC1CCN(c2cnn(C)c(=O)c2)CC1. The Morgan fingerprint density at radius 2 is 2.12 bits per heavy atom. The average molecular weight is 346 g/mol. The van der Waals surface area contributed by atoms with E-state index >= 15 is 0 Å². The first-order valence-electron chi connectivity index (χ1n) is 9.64. The predicted molar refractivity (Wildman–Crippen MR) is 98.5 cm³/mol. The number of nitrogens with one attached hydrogen (secondary N) is 1. The molecule has 1 saturated carbocycles. The molecule has 6 nitrogen and oxygen atoms in total. The molecule has 1 N–H and O–H groups in total. The van der Waals surface area contributed by atoms with Gasteiger partial charge in [-0.25, -0.2) is 4.68 Å². The Morgan fingerprint density at radius 3 is 2.80 bits per heavy atom. The second-order valence-electron chi connectivity index (χ2n) is 7.60. The van der Waals surface area contributed by atoms with Crippen LogP contribution in [0.15, 0.2) is 17.1 Å². The van der Waals surface area contributed by atoms with Crippen LogP contribution in [0.2, 0.25) is 0 Å². The lowest BCUT2D eigenvalue weighted by Crippen LogP contribution is -2.39. The fourth-order valence-electron chi connectivity index (χ4n) is 3.76. The summed E-state index contributed by atoms with van der Waals surface area (Å²) in [4.78, 5) is 26.1. The van der Waals surface area contributed by atoms with Crippen LogP contribution in [0.1, 0.15) is 45.4 Å². The standard InChI is InChI=1S/C19H30N4O2/c1-3-4-5-15-10-17(15)19(25)20-12-14-6-8-23(9-7-14)16-11-18(24)22(2)21-13-16/h11,13-15,17H,3-10,12H2,1-2H3,(H,20,25)/t15-,17+/m1/s1. The molecule has 2 fully saturated rings. The zero-order chi connectivity index (χ0) is 17.8. The summed E-state index contributed by atoms with van der Waals surface area (Å²) < 4.78 is 1.34. The Hall–Kier alpha value is -1.85. The van der Waals surface area contributed by atoms with Gasteiger partial charge in [-0.05, 0) is 37.5 Å². The van der Waals surface area contributed by atoms with Crippen molar-refractivity contribution in [1.82, 2.24) is 15.1 Å². The number of rotatable bonds is 7. The number of carbonyl (C=O) groups excluding carboxylic acids is 1. The smallest absolute Gasteiger partial charge is 0.268 e. The third kappa shape index (κ3) is 4.61. The molecule has 1 aromatic heterocycles. The highest BCUT2D eigenvalue weighted by Crippen LogP contribution is 2.42. The Balaban J connectivity index is 1.39. The van der Waals surface area contributed by atoms with Gasteiger partial charge in [-0.15, -0.1) is 0 Å². The molecule has 25 heavy (non-hydrogen) atoms. The van der Waals surface area contributed by atoms with Crippen molar-refractivity contribution in [1.29, 1.82) is 0 Å². The van der Waals surface area contributed by atoms with E-state index in [0.29, 0.717) is 11.8 Å². The van der Waals surface area contributed by atoms with E-state index in [0.717, 1.165) is 44.6 Å². The van der Waals surface area contributed by atoms with Crippen molar-refractivity contribution < 1.29 is 4.79 Å². The van der Waals surface area contributed by atoms with Crippen LogP contribution in [0.4, 0.5) is 5.69 Å². The van der Waals surface area contributed by atoms with Crippen molar-refractivity contribution in [2.75, 3.05) is 24.5 Å². The maximum Gasteiger partial charge on any atom is 0.268 e. The van der Waals surface area contributed by atoms with E-state index in [2.05, 4.69) is 22.2 Å². The van der Waals surface area contributed by atoms with E-state index in [1.807, 2.05) is 0 Å². The summed E-state index contributed by atoms with van der Waals surface area (Å²) in [6, 6.07) is 1.65. The summed E-state index contributed by atoms with van der Waals surface area (Å²) in [5.41, 5.74) is 0.830. The molecular formula is C19H30N4O2. The van der Waals surface area contributed by atoms with Crippen molar-refractivity contribution in [3.8, 4) is 0 Å². The summed E-state index contributed by atoms with van der Waals surface area (Å²) in [6.45, 7) is 4.82. The van der Waals surface area contributed by atoms with Gasteiger partial charge in [0.05, 0.1) is 11.9 Å². The molecule has 2 aliphatic rings. The van der Waals surface area contributed by atoms with E-state index in [1.54, 1.807) is 19.3 Å². The number of hydrogen-bond acceptors (Lipinski definition) is 4. The van der Waals surface area contributed by atoms with Gasteiger partial charge in [-0.2, -0.15) is 5.10 Å². The lowest BCUT2D eigenvalue weighted by Gasteiger charge is -2.33. The summed E-state index contributed by atoms with van der Waals surface area (Å²) >= 11 is 0. The first-order chi connectivity index (χ1) is 12.1. The summed E-state index contributed by atoms with van der Waals surface area (Å²) in [5.74, 6) is 1.71. The van der Waals surface area contributed by atoms with E-state index in [9.17, 15) is 9.59 Å². The highest BCUT2D eigenvalue weighted by atomic mass is 16.2. The van der Waals surface area contributed by atoms with Gasteiger partial charge in [-0.3, -0.25) is 9.59 Å². The molecule has 0 radical (unpaired) electrons. The molecule has 1 aliphatic heterocycles. The van der Waals surface area contributed by atoms with E-state index in [-0.39, 0.29) is 17.4 Å². The minimum Gasteiger partial charge on any atom is -0.370 e. The van der Waals surface area contributed by atoms with E-state index in [1.165, 1.54) is 23.9 Å². The Labute approximate surface area is 149 Å². The number of piperidine rings is 1. The van der Waals surface area contributed by atoms with E-state index < -0.39 is 0 Å². The number of anilines is 1. The van der Waals surface area contributed by atoms with Crippen molar-refractivity contribution in [3.63, 3.8) is 0 Å². The average Bonchev–Trinajstić information content (AvgIpc) is 3.40. The lowest BCUT2D eigenvalue weighted by atomic mass is 9.96. The van der Waals surface area contributed by atoms with Gasteiger partial charge in [0.15, 0.2) is 0 Å². The Kier molecular flexibility index (Phi) is 5.76. The third-order valence-corrected chi connectivity index (χ3v) is 5.69. The molecule has 1 aliphatic carbocycles. The second kappa shape index (κ2) is 8.02. The molecule has 0 unspecified atom stereocenters. The number of aryl methyl sites for hydroxylation is 1. The molecule has 1 saturated heterocycles. The minimum atomic E-state index is -0.0750. The maximum atomic E-state index is 12.2. The number of carbonyl (C=O) groups is 1. The molecule has 0 spiro atoms. The topological polar surface area (TPSA) is 67.2 Å². The van der Waals surface area contributed by atoms with Crippen LogP contribution in [-0.4, -0.2) is 35.3 Å². The van der Waals surface area contributed by atoms with Crippen LogP contribution in [0.5, 0.6) is 0 Å². The highest BCUT2D eigenvalue weighted by molar-refractivity contribution is 5.81. The van der Waals surface area contributed by atoms with Gasteiger partial charge in [-0.1, -0.05) is 19.8 Å². The second-order valence-corrected chi connectivity index (χ2v) is 7.60. The third-order valence-electron chi connectivity index (χ3n) is 5.69. The van der Waals surface area contributed by atoms with Crippen LogP contribution in [0, 0.1) is 17.8 Å². The molecule has 6 heteroatoms. The first kappa shape index (κ1) is 18.0. The van der Waals surface area contributed by atoms with E-state index in [4.69, 9.17) is 0 Å². The van der Waals surface area contributed by atoms with Crippen LogP contribution >= 0.6 is 0 Å². The largest absolute Gasteiger partial charge is 0.370 e. The minimum absolute atomic E-state index is 0.0750.